The normalized spacial score (nSPS) is 31.8. The molecule has 1 aliphatic carbocycles. The summed E-state index contributed by atoms with van der Waals surface area (Å²) in [5, 5.41) is 18.3. The zero-order chi connectivity index (χ0) is 12.8. The molecule has 2 rings (SSSR count). The summed E-state index contributed by atoms with van der Waals surface area (Å²) in [5.41, 5.74) is 0. The first-order valence-corrected chi connectivity index (χ1v) is 7.32. The summed E-state index contributed by atoms with van der Waals surface area (Å²) in [5.74, 6) is 0.233. The summed E-state index contributed by atoms with van der Waals surface area (Å²) in [4.78, 5) is 4.83. The minimum atomic E-state index is 0.233. The topological polar surface area (TPSA) is 50.5 Å². The maximum absolute atomic E-state index is 9.33. The third-order valence-electron chi connectivity index (χ3n) is 4.44. The molecule has 0 aromatic carbocycles. The number of hydrogen-bond acceptors (Lipinski definition) is 4. The van der Waals surface area contributed by atoms with Gasteiger partial charge in [-0.05, 0) is 12.8 Å². The number of piperazine rings is 1. The number of nitriles is 1. The van der Waals surface area contributed by atoms with Crippen LogP contribution in [0.5, 0.6) is 0 Å². The molecule has 1 aliphatic heterocycles. The summed E-state index contributed by atoms with van der Waals surface area (Å²) in [6, 6.07) is 3.01. The fraction of sp³-hybridized carbons (Fsp3) is 0.929. The fourth-order valence-corrected chi connectivity index (χ4v) is 3.34. The zero-order valence-electron chi connectivity index (χ0n) is 11.2. The summed E-state index contributed by atoms with van der Waals surface area (Å²) in [6.07, 6.45) is 6.06. The van der Waals surface area contributed by atoms with Crippen molar-refractivity contribution >= 4 is 0 Å². The van der Waals surface area contributed by atoms with E-state index < -0.39 is 0 Å². The first-order valence-electron chi connectivity index (χ1n) is 7.32. The van der Waals surface area contributed by atoms with Gasteiger partial charge in [0.2, 0.25) is 0 Å². The second kappa shape index (κ2) is 7.08. The number of rotatable bonds is 3. The molecule has 4 nitrogen and oxygen atoms in total. The SMILES string of the molecule is N#CC1CCCCCC1N1CCN(CCO)CC1. The molecule has 2 fully saturated rings. The number of hydrogen-bond donors (Lipinski definition) is 1. The Hall–Kier alpha value is -0.630. The molecule has 0 radical (unpaired) electrons. The molecule has 0 bridgehead atoms. The van der Waals surface area contributed by atoms with Crippen LogP contribution in [0.1, 0.15) is 32.1 Å². The van der Waals surface area contributed by atoms with Gasteiger partial charge in [-0.1, -0.05) is 19.3 Å². The van der Waals surface area contributed by atoms with Gasteiger partial charge in [0, 0.05) is 38.8 Å². The van der Waals surface area contributed by atoms with Crippen molar-refractivity contribution in [2.75, 3.05) is 39.3 Å². The predicted molar refractivity (Wildman–Crippen MR) is 71.1 cm³/mol. The minimum Gasteiger partial charge on any atom is -0.395 e. The van der Waals surface area contributed by atoms with Crippen molar-refractivity contribution in [1.29, 1.82) is 5.26 Å². The summed E-state index contributed by atoms with van der Waals surface area (Å²) >= 11 is 0. The van der Waals surface area contributed by atoms with Gasteiger partial charge < -0.3 is 5.11 Å². The third kappa shape index (κ3) is 3.44. The molecule has 0 aromatic rings. The van der Waals surface area contributed by atoms with E-state index in [1.807, 2.05) is 0 Å². The van der Waals surface area contributed by atoms with E-state index in [1.165, 1.54) is 25.7 Å². The van der Waals surface area contributed by atoms with Crippen LogP contribution in [-0.2, 0) is 0 Å². The lowest BCUT2D eigenvalue weighted by Crippen LogP contribution is -2.52. The highest BCUT2D eigenvalue weighted by atomic mass is 16.3. The molecular formula is C14H25N3O. The molecule has 4 heteroatoms. The average molecular weight is 251 g/mol. The van der Waals surface area contributed by atoms with Crippen molar-refractivity contribution in [3.05, 3.63) is 0 Å². The van der Waals surface area contributed by atoms with Crippen LogP contribution < -0.4 is 0 Å². The largest absolute Gasteiger partial charge is 0.395 e. The van der Waals surface area contributed by atoms with Crippen LogP contribution in [0.4, 0.5) is 0 Å². The Balaban J connectivity index is 1.88. The average Bonchev–Trinajstić information content (AvgIpc) is 2.65. The van der Waals surface area contributed by atoms with Gasteiger partial charge in [-0.2, -0.15) is 5.26 Å². The van der Waals surface area contributed by atoms with Crippen molar-refractivity contribution in [3.8, 4) is 6.07 Å². The van der Waals surface area contributed by atoms with Gasteiger partial charge in [0.1, 0.15) is 0 Å². The Morgan fingerprint density at radius 2 is 1.78 bits per heavy atom. The van der Waals surface area contributed by atoms with Crippen molar-refractivity contribution in [2.45, 2.75) is 38.1 Å². The van der Waals surface area contributed by atoms with E-state index in [-0.39, 0.29) is 12.5 Å². The van der Waals surface area contributed by atoms with E-state index in [0.29, 0.717) is 6.04 Å². The monoisotopic (exact) mass is 251 g/mol. The minimum absolute atomic E-state index is 0.233. The smallest absolute Gasteiger partial charge is 0.0672 e. The van der Waals surface area contributed by atoms with E-state index >= 15 is 0 Å². The van der Waals surface area contributed by atoms with Gasteiger partial charge in [0.15, 0.2) is 0 Å². The second-order valence-corrected chi connectivity index (χ2v) is 5.54. The first kappa shape index (κ1) is 13.8. The van der Waals surface area contributed by atoms with E-state index in [1.54, 1.807) is 0 Å². The second-order valence-electron chi connectivity index (χ2n) is 5.54. The number of β-amino-alcohol motifs (C(OH)–C–C–N with tert-alkyl or cyclic N) is 1. The van der Waals surface area contributed by atoms with E-state index in [2.05, 4.69) is 15.9 Å². The Labute approximate surface area is 110 Å². The number of aliphatic hydroxyl groups excluding tert-OH is 1. The molecule has 0 aromatic heterocycles. The number of nitrogens with zero attached hydrogens (tertiary/aromatic N) is 3. The van der Waals surface area contributed by atoms with Gasteiger partial charge in [0.05, 0.1) is 18.6 Å². The summed E-state index contributed by atoms with van der Waals surface area (Å²) in [7, 11) is 0. The molecule has 1 N–H and O–H groups in total. The Kier molecular flexibility index (Phi) is 5.43. The molecule has 2 aliphatic rings. The maximum Gasteiger partial charge on any atom is 0.0672 e. The van der Waals surface area contributed by atoms with Crippen molar-refractivity contribution in [2.24, 2.45) is 5.92 Å². The molecule has 2 atom stereocenters. The highest BCUT2D eigenvalue weighted by Crippen LogP contribution is 2.27. The Bertz CT molecular complexity index is 281. The molecule has 102 valence electrons. The van der Waals surface area contributed by atoms with E-state index in [4.69, 9.17) is 5.11 Å². The lowest BCUT2D eigenvalue weighted by molar-refractivity contribution is 0.0673. The molecule has 1 saturated carbocycles. The van der Waals surface area contributed by atoms with Gasteiger partial charge in [0.25, 0.3) is 0 Å². The Morgan fingerprint density at radius 3 is 2.44 bits per heavy atom. The first-order chi connectivity index (χ1) is 8.85. The van der Waals surface area contributed by atoms with Gasteiger partial charge in [-0.15, -0.1) is 0 Å². The van der Waals surface area contributed by atoms with Crippen LogP contribution in [0.2, 0.25) is 0 Å². The molecule has 1 saturated heterocycles. The van der Waals surface area contributed by atoms with Crippen molar-refractivity contribution in [3.63, 3.8) is 0 Å². The van der Waals surface area contributed by atoms with Gasteiger partial charge in [-0.3, -0.25) is 9.80 Å². The molecular weight excluding hydrogens is 226 g/mol. The highest BCUT2D eigenvalue weighted by molar-refractivity contribution is 4.95. The molecule has 18 heavy (non-hydrogen) atoms. The number of aliphatic hydroxyl groups is 1. The van der Waals surface area contributed by atoms with Gasteiger partial charge >= 0.3 is 0 Å². The summed E-state index contributed by atoms with van der Waals surface area (Å²) in [6.45, 7) is 5.24. The lowest BCUT2D eigenvalue weighted by Gasteiger charge is -2.40. The highest BCUT2D eigenvalue weighted by Gasteiger charge is 2.30. The quantitative estimate of drug-likeness (QED) is 0.762. The zero-order valence-corrected chi connectivity index (χ0v) is 11.2. The lowest BCUT2D eigenvalue weighted by atomic mass is 9.94. The maximum atomic E-state index is 9.33. The van der Waals surface area contributed by atoms with Crippen LogP contribution in [-0.4, -0.2) is 60.3 Å². The molecule has 2 unspecified atom stereocenters. The standard InChI is InChI=1S/C14H25N3O/c15-12-13-4-2-1-3-5-14(13)17-8-6-16(7-9-17)10-11-18/h13-14,18H,1-11H2. The molecule has 0 amide bonds. The molecule has 1 heterocycles. The predicted octanol–water partition coefficient (Wildman–Crippen LogP) is 1.07. The Morgan fingerprint density at radius 1 is 1.06 bits per heavy atom. The van der Waals surface area contributed by atoms with E-state index in [9.17, 15) is 5.26 Å². The van der Waals surface area contributed by atoms with Crippen LogP contribution in [0.3, 0.4) is 0 Å². The third-order valence-corrected chi connectivity index (χ3v) is 4.44. The molecule has 0 spiro atoms. The van der Waals surface area contributed by atoms with Gasteiger partial charge in [-0.25, -0.2) is 0 Å². The van der Waals surface area contributed by atoms with Crippen LogP contribution in [0.15, 0.2) is 0 Å². The van der Waals surface area contributed by atoms with Crippen molar-refractivity contribution < 1.29 is 5.11 Å². The fourth-order valence-electron chi connectivity index (χ4n) is 3.34. The van der Waals surface area contributed by atoms with Crippen LogP contribution in [0.25, 0.3) is 0 Å². The van der Waals surface area contributed by atoms with Crippen LogP contribution in [0, 0.1) is 17.2 Å². The van der Waals surface area contributed by atoms with Crippen LogP contribution >= 0.6 is 0 Å². The summed E-state index contributed by atoms with van der Waals surface area (Å²) < 4.78 is 0. The van der Waals surface area contributed by atoms with Crippen molar-refractivity contribution in [1.82, 2.24) is 9.80 Å². The van der Waals surface area contributed by atoms with E-state index in [0.717, 1.165) is 39.1 Å².